The zero-order chi connectivity index (χ0) is 12.6. The summed E-state index contributed by atoms with van der Waals surface area (Å²) >= 11 is 14.0. The zero-order valence-electron chi connectivity index (χ0n) is 8.76. The zero-order valence-corrected chi connectivity index (χ0v) is 13.5. The van der Waals surface area contributed by atoms with Crippen LogP contribution in [0.2, 0.25) is 5.02 Å². The molecule has 0 atom stereocenters. The fourth-order valence-electron chi connectivity index (χ4n) is 1.47. The standard InChI is InChI=1S/C12H7Br2ClOS/c1-6-4-7(13)2-3-8(6)11(16)10-5-9(15)12(14)17-10/h2-5H,1H3. The predicted molar refractivity (Wildman–Crippen MR) is 79.3 cm³/mol. The number of hydrogen-bond acceptors (Lipinski definition) is 2. The molecule has 0 unspecified atom stereocenters. The van der Waals surface area contributed by atoms with Crippen molar-refractivity contribution in [2.24, 2.45) is 0 Å². The van der Waals surface area contributed by atoms with E-state index in [4.69, 9.17) is 11.6 Å². The van der Waals surface area contributed by atoms with E-state index in [1.165, 1.54) is 11.3 Å². The van der Waals surface area contributed by atoms with Crippen LogP contribution in [0, 0.1) is 6.92 Å². The molecule has 0 aliphatic heterocycles. The van der Waals surface area contributed by atoms with Crippen LogP contribution in [0.4, 0.5) is 0 Å². The van der Waals surface area contributed by atoms with Gasteiger partial charge in [0, 0.05) is 10.0 Å². The van der Waals surface area contributed by atoms with Gasteiger partial charge in [0.25, 0.3) is 0 Å². The van der Waals surface area contributed by atoms with Gasteiger partial charge in [-0.2, -0.15) is 0 Å². The maximum atomic E-state index is 12.3. The van der Waals surface area contributed by atoms with E-state index in [-0.39, 0.29) is 5.78 Å². The second-order valence-corrected chi connectivity index (χ2v) is 7.21. The smallest absolute Gasteiger partial charge is 0.203 e. The molecule has 0 bridgehead atoms. The molecule has 1 heterocycles. The van der Waals surface area contributed by atoms with Gasteiger partial charge in [0.15, 0.2) is 0 Å². The van der Waals surface area contributed by atoms with Crippen LogP contribution in [-0.2, 0) is 0 Å². The second kappa shape index (κ2) is 5.22. The van der Waals surface area contributed by atoms with Crippen molar-refractivity contribution in [1.29, 1.82) is 0 Å². The molecule has 0 radical (unpaired) electrons. The Hall–Kier alpha value is -0.160. The quantitative estimate of drug-likeness (QED) is 0.618. The maximum Gasteiger partial charge on any atom is 0.203 e. The molecule has 0 aliphatic carbocycles. The first-order chi connectivity index (χ1) is 7.99. The van der Waals surface area contributed by atoms with Crippen LogP contribution in [0.25, 0.3) is 0 Å². The number of thiophene rings is 1. The SMILES string of the molecule is Cc1cc(Br)ccc1C(=O)c1cc(Cl)c(Br)s1. The highest BCUT2D eigenvalue weighted by Gasteiger charge is 2.16. The Morgan fingerprint density at radius 1 is 1.29 bits per heavy atom. The van der Waals surface area contributed by atoms with E-state index < -0.39 is 0 Å². The van der Waals surface area contributed by atoms with Gasteiger partial charge in [0.2, 0.25) is 5.78 Å². The number of hydrogen-bond donors (Lipinski definition) is 0. The molecule has 5 heteroatoms. The monoisotopic (exact) mass is 392 g/mol. The van der Waals surface area contributed by atoms with E-state index in [2.05, 4.69) is 31.9 Å². The summed E-state index contributed by atoms with van der Waals surface area (Å²) in [4.78, 5) is 12.9. The molecule has 1 aromatic carbocycles. The summed E-state index contributed by atoms with van der Waals surface area (Å²) in [5, 5.41) is 0.577. The van der Waals surface area contributed by atoms with E-state index in [1.807, 2.05) is 25.1 Å². The fourth-order valence-corrected chi connectivity index (χ4v) is 3.60. The molecule has 0 aliphatic rings. The fraction of sp³-hybridized carbons (Fsp3) is 0.0833. The van der Waals surface area contributed by atoms with Crippen LogP contribution in [-0.4, -0.2) is 5.78 Å². The number of carbonyl (C=O) groups excluding carboxylic acids is 1. The highest BCUT2D eigenvalue weighted by Crippen LogP contribution is 2.33. The number of aryl methyl sites for hydroxylation is 1. The summed E-state index contributed by atoms with van der Waals surface area (Å²) in [5.74, 6) is 0.00704. The van der Waals surface area contributed by atoms with Gasteiger partial charge >= 0.3 is 0 Å². The Kier molecular flexibility index (Phi) is 4.08. The highest BCUT2D eigenvalue weighted by atomic mass is 79.9. The summed E-state index contributed by atoms with van der Waals surface area (Å²) in [6, 6.07) is 7.31. The van der Waals surface area contributed by atoms with Crippen LogP contribution < -0.4 is 0 Å². The molecule has 0 spiro atoms. The minimum atomic E-state index is 0.00704. The van der Waals surface area contributed by atoms with Gasteiger partial charge in [0.05, 0.1) is 13.7 Å². The molecule has 0 fully saturated rings. The van der Waals surface area contributed by atoms with Gasteiger partial charge in [0.1, 0.15) is 0 Å². The van der Waals surface area contributed by atoms with Crippen LogP contribution in [0.15, 0.2) is 32.5 Å². The van der Waals surface area contributed by atoms with Gasteiger partial charge in [-0.1, -0.05) is 27.5 Å². The second-order valence-electron chi connectivity index (χ2n) is 3.52. The largest absolute Gasteiger partial charge is 0.288 e. The van der Waals surface area contributed by atoms with Crippen molar-refractivity contribution >= 4 is 60.6 Å². The number of ketones is 1. The van der Waals surface area contributed by atoms with Crippen molar-refractivity contribution in [3.63, 3.8) is 0 Å². The van der Waals surface area contributed by atoms with Crippen molar-refractivity contribution in [2.75, 3.05) is 0 Å². The molecule has 0 saturated heterocycles. The Morgan fingerprint density at radius 2 is 2.00 bits per heavy atom. The molecular formula is C12H7Br2ClOS. The minimum Gasteiger partial charge on any atom is -0.288 e. The van der Waals surface area contributed by atoms with Crippen LogP contribution in [0.3, 0.4) is 0 Å². The molecule has 88 valence electrons. The Bertz CT molecular complexity index is 573. The van der Waals surface area contributed by atoms with Crippen molar-refractivity contribution < 1.29 is 4.79 Å². The van der Waals surface area contributed by atoms with Gasteiger partial charge < -0.3 is 0 Å². The first-order valence-electron chi connectivity index (χ1n) is 4.74. The van der Waals surface area contributed by atoms with E-state index in [0.29, 0.717) is 15.5 Å². The van der Waals surface area contributed by atoms with Crippen LogP contribution >= 0.6 is 54.8 Å². The van der Waals surface area contributed by atoms with Gasteiger partial charge in [-0.25, -0.2) is 0 Å². The molecule has 17 heavy (non-hydrogen) atoms. The van der Waals surface area contributed by atoms with Gasteiger partial charge in [-0.3, -0.25) is 4.79 Å². The number of rotatable bonds is 2. The third-order valence-electron chi connectivity index (χ3n) is 2.30. The van der Waals surface area contributed by atoms with E-state index >= 15 is 0 Å². The molecule has 0 amide bonds. The first-order valence-corrected chi connectivity index (χ1v) is 7.53. The molecule has 2 rings (SSSR count). The van der Waals surface area contributed by atoms with Crippen molar-refractivity contribution in [1.82, 2.24) is 0 Å². The molecule has 1 aromatic heterocycles. The Labute approximate surface area is 125 Å². The Morgan fingerprint density at radius 3 is 2.53 bits per heavy atom. The van der Waals surface area contributed by atoms with E-state index in [9.17, 15) is 4.79 Å². The lowest BCUT2D eigenvalue weighted by molar-refractivity contribution is 0.104. The highest BCUT2D eigenvalue weighted by molar-refractivity contribution is 9.11. The number of halogens is 3. The lowest BCUT2D eigenvalue weighted by Gasteiger charge is -2.03. The predicted octanol–water partition coefficient (Wildman–Crippen LogP) is 5.47. The molecule has 0 saturated carbocycles. The first kappa shape index (κ1) is 13.3. The van der Waals surface area contributed by atoms with Crippen LogP contribution in [0.1, 0.15) is 20.8 Å². The lowest BCUT2D eigenvalue weighted by Crippen LogP contribution is -2.01. The minimum absolute atomic E-state index is 0.00704. The van der Waals surface area contributed by atoms with E-state index in [0.717, 1.165) is 13.8 Å². The van der Waals surface area contributed by atoms with Crippen molar-refractivity contribution in [2.45, 2.75) is 6.92 Å². The summed E-state index contributed by atoms with van der Waals surface area (Å²) in [7, 11) is 0. The summed E-state index contributed by atoms with van der Waals surface area (Å²) in [6.45, 7) is 1.92. The molecular weight excluding hydrogens is 387 g/mol. The molecule has 2 aromatic rings. The average Bonchev–Trinajstić information content (AvgIpc) is 2.58. The maximum absolute atomic E-state index is 12.3. The van der Waals surface area contributed by atoms with E-state index in [1.54, 1.807) is 6.07 Å². The van der Waals surface area contributed by atoms with Gasteiger partial charge in [-0.05, 0) is 52.7 Å². The molecule has 1 nitrogen and oxygen atoms in total. The molecule has 0 N–H and O–H groups in total. The van der Waals surface area contributed by atoms with Crippen LogP contribution in [0.5, 0.6) is 0 Å². The normalized spacial score (nSPS) is 10.6. The third-order valence-corrected chi connectivity index (χ3v) is 5.27. The summed E-state index contributed by atoms with van der Waals surface area (Å²) < 4.78 is 1.76. The van der Waals surface area contributed by atoms with Crippen molar-refractivity contribution in [3.8, 4) is 0 Å². The number of carbonyl (C=O) groups is 1. The summed E-state index contributed by atoms with van der Waals surface area (Å²) in [5.41, 5.74) is 1.66. The number of benzene rings is 1. The topological polar surface area (TPSA) is 17.1 Å². The van der Waals surface area contributed by atoms with Crippen molar-refractivity contribution in [3.05, 3.63) is 53.6 Å². The summed E-state index contributed by atoms with van der Waals surface area (Å²) in [6.07, 6.45) is 0. The third kappa shape index (κ3) is 2.81. The average molecular weight is 395 g/mol. The lowest BCUT2D eigenvalue weighted by atomic mass is 10.0. The van der Waals surface area contributed by atoms with Gasteiger partial charge in [-0.15, -0.1) is 11.3 Å². The Balaban J connectivity index is 2.43.